The Labute approximate surface area is 190 Å². The zero-order chi connectivity index (χ0) is 22.1. The van der Waals surface area contributed by atoms with E-state index < -0.39 is 9.84 Å². The molecule has 0 unspecified atom stereocenters. The number of nitrogens with one attached hydrogen (secondary N) is 4. The molecule has 4 N–H and O–H groups in total. The number of fused-ring (bicyclic) bond motifs is 1. The normalized spacial score (nSPS) is 16.5. The van der Waals surface area contributed by atoms with Gasteiger partial charge in [0.05, 0.1) is 11.4 Å². The molecule has 0 atom stereocenters. The van der Waals surface area contributed by atoms with E-state index in [1.165, 1.54) is 0 Å². The molecular weight excluding hydrogens is 450 g/mol. The maximum absolute atomic E-state index is 12.9. The Morgan fingerprint density at radius 2 is 1.94 bits per heavy atom. The predicted molar refractivity (Wildman–Crippen MR) is 123 cm³/mol. The number of aromatic nitrogens is 2. The number of hydrogen-bond acceptors (Lipinski definition) is 9. The topological polar surface area (TPSA) is 120 Å². The van der Waals surface area contributed by atoms with E-state index in [9.17, 15) is 8.42 Å². The van der Waals surface area contributed by atoms with Crippen LogP contribution in [0.3, 0.4) is 0 Å². The molecule has 9 nitrogen and oxygen atoms in total. The lowest BCUT2D eigenvalue weighted by Crippen LogP contribution is -2.35. The standard InChI is InChI=1S/C21H20ClN7O2S/c22-15-4-1-3-14(12-15)20-24-17-5-2-10-32(30,31)19(17)21(25-20)23-16-8-6-13(7-9-16)11-18-26-28-29-27-18/h1,3-4,6-9,12,28-29H,2,5,10-11H2,(H,26,27)(H,23,24,25). The molecule has 11 heteroatoms. The van der Waals surface area contributed by atoms with Crippen LogP contribution in [0.4, 0.5) is 11.5 Å². The van der Waals surface area contributed by atoms with Gasteiger partial charge in [0.1, 0.15) is 10.7 Å². The molecule has 0 saturated carbocycles. The summed E-state index contributed by atoms with van der Waals surface area (Å²) in [5.74, 6) is 1.58. The van der Waals surface area contributed by atoms with E-state index in [1.54, 1.807) is 12.1 Å². The van der Waals surface area contributed by atoms with E-state index in [4.69, 9.17) is 11.6 Å². The summed E-state index contributed by atoms with van der Waals surface area (Å²) >= 11 is 6.14. The van der Waals surface area contributed by atoms with Crippen LogP contribution in [0.25, 0.3) is 11.4 Å². The number of hydrazine groups is 2. The highest BCUT2D eigenvalue weighted by molar-refractivity contribution is 7.91. The van der Waals surface area contributed by atoms with Crippen molar-refractivity contribution in [2.75, 3.05) is 11.1 Å². The van der Waals surface area contributed by atoms with Crippen LogP contribution in [0.1, 0.15) is 17.7 Å². The molecule has 0 aliphatic carbocycles. The molecule has 164 valence electrons. The summed E-state index contributed by atoms with van der Waals surface area (Å²) in [4.78, 5) is 9.34. The van der Waals surface area contributed by atoms with Crippen molar-refractivity contribution in [1.82, 2.24) is 26.5 Å². The maximum atomic E-state index is 12.9. The Kier molecular flexibility index (Phi) is 5.41. The second-order valence-electron chi connectivity index (χ2n) is 7.52. The Balaban J connectivity index is 1.51. The van der Waals surface area contributed by atoms with Gasteiger partial charge in [0, 0.05) is 22.7 Å². The third-order valence-corrected chi connectivity index (χ3v) is 7.31. The predicted octanol–water partition coefficient (Wildman–Crippen LogP) is 2.73. The summed E-state index contributed by atoms with van der Waals surface area (Å²) in [6.45, 7) is 0. The van der Waals surface area contributed by atoms with Gasteiger partial charge in [0.25, 0.3) is 0 Å². The van der Waals surface area contributed by atoms with Crippen molar-refractivity contribution < 1.29 is 8.42 Å². The molecule has 0 bridgehead atoms. The average Bonchev–Trinajstić information content (AvgIpc) is 3.27. The van der Waals surface area contributed by atoms with E-state index in [0.717, 1.165) is 22.6 Å². The largest absolute Gasteiger partial charge is 0.339 e. The van der Waals surface area contributed by atoms with Crippen molar-refractivity contribution in [3.05, 3.63) is 64.8 Å². The van der Waals surface area contributed by atoms with Gasteiger partial charge >= 0.3 is 0 Å². The number of amidine groups is 1. The van der Waals surface area contributed by atoms with Crippen LogP contribution in [-0.2, 0) is 22.7 Å². The smallest absolute Gasteiger partial charge is 0.183 e. The van der Waals surface area contributed by atoms with Crippen molar-refractivity contribution in [2.45, 2.75) is 24.2 Å². The van der Waals surface area contributed by atoms with Crippen molar-refractivity contribution in [3.63, 3.8) is 0 Å². The minimum atomic E-state index is -3.48. The summed E-state index contributed by atoms with van der Waals surface area (Å²) < 4.78 is 25.7. The second-order valence-corrected chi connectivity index (χ2v) is 10.0. The molecule has 1 aromatic heterocycles. The fourth-order valence-corrected chi connectivity index (χ4v) is 5.53. The number of hydrazone groups is 1. The zero-order valence-electron chi connectivity index (χ0n) is 16.9. The van der Waals surface area contributed by atoms with Gasteiger partial charge in [-0.15, -0.1) is 10.6 Å². The first kappa shape index (κ1) is 20.7. The lowest BCUT2D eigenvalue weighted by molar-refractivity contribution is 0.576. The minimum absolute atomic E-state index is 0.0880. The van der Waals surface area contributed by atoms with Crippen LogP contribution < -0.4 is 21.8 Å². The first-order valence-corrected chi connectivity index (χ1v) is 12.1. The van der Waals surface area contributed by atoms with Crippen LogP contribution in [-0.4, -0.2) is 30.0 Å². The van der Waals surface area contributed by atoms with Crippen LogP contribution in [0.15, 0.2) is 58.5 Å². The molecular formula is C21H20ClN7O2S. The van der Waals surface area contributed by atoms with Gasteiger partial charge < -0.3 is 5.32 Å². The van der Waals surface area contributed by atoms with Crippen molar-refractivity contribution in [3.8, 4) is 11.4 Å². The van der Waals surface area contributed by atoms with Crippen LogP contribution in [0.5, 0.6) is 0 Å². The summed E-state index contributed by atoms with van der Waals surface area (Å²) in [6.07, 6.45) is 1.74. The van der Waals surface area contributed by atoms with Crippen molar-refractivity contribution in [1.29, 1.82) is 0 Å². The number of benzene rings is 2. The molecule has 2 aliphatic rings. The van der Waals surface area contributed by atoms with Gasteiger partial charge in [0.15, 0.2) is 21.5 Å². The summed E-state index contributed by atoms with van der Waals surface area (Å²) in [5, 5.41) is 7.83. The molecule has 3 heterocycles. The molecule has 0 saturated heterocycles. The van der Waals surface area contributed by atoms with Gasteiger partial charge in [-0.2, -0.15) is 0 Å². The Morgan fingerprint density at radius 3 is 2.69 bits per heavy atom. The van der Waals surface area contributed by atoms with Crippen LogP contribution >= 0.6 is 11.6 Å². The zero-order valence-corrected chi connectivity index (χ0v) is 18.5. The maximum Gasteiger partial charge on any atom is 0.183 e. The van der Waals surface area contributed by atoms with E-state index >= 15 is 0 Å². The van der Waals surface area contributed by atoms with Crippen molar-refractivity contribution in [2.24, 2.45) is 5.10 Å². The summed E-state index contributed by atoms with van der Waals surface area (Å²) in [6, 6.07) is 14.9. The number of halogens is 1. The Morgan fingerprint density at radius 1 is 1.09 bits per heavy atom. The molecule has 32 heavy (non-hydrogen) atoms. The number of nitrogens with zero attached hydrogens (tertiary/aromatic N) is 3. The van der Waals surface area contributed by atoms with E-state index in [1.807, 2.05) is 36.4 Å². The second kappa shape index (κ2) is 8.38. The molecule has 2 aliphatic heterocycles. The highest BCUT2D eigenvalue weighted by Crippen LogP contribution is 2.33. The molecule has 0 fully saturated rings. The van der Waals surface area contributed by atoms with E-state index in [-0.39, 0.29) is 16.5 Å². The van der Waals surface area contributed by atoms with Crippen molar-refractivity contribution >= 4 is 38.8 Å². The first-order valence-electron chi connectivity index (χ1n) is 10.1. The van der Waals surface area contributed by atoms with E-state index in [2.05, 4.69) is 36.9 Å². The SMILES string of the molecule is O=S1(=O)CCCc2nc(-c3cccc(Cl)c3)nc(Nc3ccc(CC4=NNNN4)cc3)c21. The minimum Gasteiger partial charge on any atom is -0.339 e. The first-order chi connectivity index (χ1) is 15.5. The molecule has 0 radical (unpaired) electrons. The van der Waals surface area contributed by atoms with Gasteiger partial charge in [-0.25, -0.2) is 23.9 Å². The lowest BCUT2D eigenvalue weighted by Gasteiger charge is -2.20. The van der Waals surface area contributed by atoms with Gasteiger partial charge in [-0.1, -0.05) is 35.9 Å². The molecule has 5 rings (SSSR count). The third-order valence-electron chi connectivity index (χ3n) is 5.20. The lowest BCUT2D eigenvalue weighted by atomic mass is 10.1. The highest BCUT2D eigenvalue weighted by Gasteiger charge is 2.30. The quantitative estimate of drug-likeness (QED) is 0.450. The number of hydrogen-bond donors (Lipinski definition) is 4. The number of anilines is 2. The molecule has 3 aromatic rings. The number of sulfone groups is 1. The van der Waals surface area contributed by atoms with E-state index in [0.29, 0.717) is 35.8 Å². The molecule has 0 spiro atoms. The third kappa shape index (κ3) is 4.24. The monoisotopic (exact) mass is 469 g/mol. The summed E-state index contributed by atoms with van der Waals surface area (Å²) in [7, 11) is -3.48. The molecule has 0 amide bonds. The fourth-order valence-electron chi connectivity index (χ4n) is 3.71. The summed E-state index contributed by atoms with van der Waals surface area (Å²) in [5.41, 5.74) is 11.3. The van der Waals surface area contributed by atoms with Crippen LogP contribution in [0.2, 0.25) is 5.02 Å². The van der Waals surface area contributed by atoms with Gasteiger partial charge in [-0.3, -0.25) is 5.43 Å². The van der Waals surface area contributed by atoms with Gasteiger partial charge in [0.2, 0.25) is 0 Å². The molecule has 2 aromatic carbocycles. The van der Waals surface area contributed by atoms with Gasteiger partial charge in [-0.05, 0) is 42.7 Å². The number of aryl methyl sites for hydroxylation is 1. The average molecular weight is 470 g/mol. The fraction of sp³-hybridized carbons (Fsp3) is 0.190. The highest BCUT2D eigenvalue weighted by atomic mass is 35.5. The Hall–Kier alpha value is -3.21. The number of rotatable bonds is 5. The Bertz CT molecular complexity index is 1310. The van der Waals surface area contributed by atoms with Crippen LogP contribution in [0, 0.1) is 0 Å².